The molecule has 1 fully saturated rings. The number of rotatable bonds is 3. The standard InChI is InChI=1S/C9H16N2O3/c1-3-11(4-2)9(13)7-5-14-6-8(12)10-7/h7H,3-6H2,1-2H3,(H,10,12). The molecule has 0 saturated carbocycles. The molecule has 80 valence electrons. The number of ether oxygens (including phenoxy) is 1. The number of hydrogen-bond donors (Lipinski definition) is 1. The van der Waals surface area contributed by atoms with Crippen LogP contribution in [0.1, 0.15) is 13.8 Å². The molecule has 0 aromatic rings. The zero-order chi connectivity index (χ0) is 10.6. The molecule has 0 aromatic heterocycles. The SMILES string of the molecule is CCN(CC)C(=O)C1COCC(=O)N1. The fourth-order valence-corrected chi connectivity index (χ4v) is 1.44. The molecule has 0 spiro atoms. The van der Waals surface area contributed by atoms with E-state index in [1.807, 2.05) is 13.8 Å². The zero-order valence-electron chi connectivity index (χ0n) is 8.58. The van der Waals surface area contributed by atoms with Gasteiger partial charge in [0.1, 0.15) is 12.6 Å². The van der Waals surface area contributed by atoms with E-state index in [9.17, 15) is 9.59 Å². The van der Waals surface area contributed by atoms with Crippen molar-refractivity contribution in [3.8, 4) is 0 Å². The van der Waals surface area contributed by atoms with Crippen LogP contribution in [0.4, 0.5) is 0 Å². The summed E-state index contributed by atoms with van der Waals surface area (Å²) < 4.78 is 5.00. The molecule has 1 aliphatic rings. The highest BCUT2D eigenvalue weighted by Gasteiger charge is 2.27. The fourth-order valence-electron chi connectivity index (χ4n) is 1.44. The first-order chi connectivity index (χ1) is 6.69. The van der Waals surface area contributed by atoms with Crippen molar-refractivity contribution in [3.63, 3.8) is 0 Å². The molecule has 5 heteroatoms. The molecule has 1 N–H and O–H groups in total. The highest BCUT2D eigenvalue weighted by atomic mass is 16.5. The second kappa shape index (κ2) is 4.95. The third-order valence-electron chi connectivity index (χ3n) is 2.23. The van der Waals surface area contributed by atoms with Gasteiger partial charge in [0.05, 0.1) is 6.61 Å². The van der Waals surface area contributed by atoms with E-state index in [-0.39, 0.29) is 25.0 Å². The molecule has 5 nitrogen and oxygen atoms in total. The van der Waals surface area contributed by atoms with E-state index in [4.69, 9.17) is 4.74 Å². The van der Waals surface area contributed by atoms with Gasteiger partial charge >= 0.3 is 0 Å². The Morgan fingerprint density at radius 3 is 2.71 bits per heavy atom. The van der Waals surface area contributed by atoms with Crippen LogP contribution in [-0.2, 0) is 14.3 Å². The lowest BCUT2D eigenvalue weighted by Crippen LogP contribution is -2.54. The summed E-state index contributed by atoms with van der Waals surface area (Å²) in [6, 6.07) is -0.504. The van der Waals surface area contributed by atoms with Gasteiger partial charge in [0.15, 0.2) is 0 Å². The lowest BCUT2D eigenvalue weighted by atomic mass is 10.2. The maximum absolute atomic E-state index is 11.7. The number of morpholine rings is 1. The second-order valence-electron chi connectivity index (χ2n) is 3.15. The number of carbonyl (C=O) groups is 2. The normalized spacial score (nSPS) is 21.6. The summed E-state index contributed by atoms with van der Waals surface area (Å²) >= 11 is 0. The maximum Gasteiger partial charge on any atom is 0.247 e. The van der Waals surface area contributed by atoms with E-state index in [0.717, 1.165) is 0 Å². The van der Waals surface area contributed by atoms with Crippen LogP contribution in [0.3, 0.4) is 0 Å². The molecule has 1 atom stereocenters. The smallest absolute Gasteiger partial charge is 0.247 e. The van der Waals surface area contributed by atoms with E-state index >= 15 is 0 Å². The van der Waals surface area contributed by atoms with Gasteiger partial charge in [-0.05, 0) is 13.8 Å². The molecule has 0 bridgehead atoms. The fraction of sp³-hybridized carbons (Fsp3) is 0.778. The van der Waals surface area contributed by atoms with E-state index in [2.05, 4.69) is 5.32 Å². The van der Waals surface area contributed by atoms with Crippen LogP contribution in [0.25, 0.3) is 0 Å². The summed E-state index contributed by atoms with van der Waals surface area (Å²) in [5.74, 6) is -0.287. The number of hydrogen-bond acceptors (Lipinski definition) is 3. The van der Waals surface area contributed by atoms with Crippen molar-refractivity contribution >= 4 is 11.8 Å². The quantitative estimate of drug-likeness (QED) is 0.660. The minimum absolute atomic E-state index is 0.0576. The van der Waals surface area contributed by atoms with E-state index in [1.54, 1.807) is 4.90 Å². The maximum atomic E-state index is 11.7. The van der Waals surface area contributed by atoms with E-state index in [0.29, 0.717) is 13.1 Å². The summed E-state index contributed by atoms with van der Waals surface area (Å²) in [5, 5.41) is 2.61. The zero-order valence-corrected chi connectivity index (χ0v) is 8.58. The van der Waals surface area contributed by atoms with Gasteiger partial charge in [-0.2, -0.15) is 0 Å². The van der Waals surface area contributed by atoms with E-state index < -0.39 is 6.04 Å². The summed E-state index contributed by atoms with van der Waals surface area (Å²) in [7, 11) is 0. The molecule has 1 aliphatic heterocycles. The van der Waals surface area contributed by atoms with Crippen molar-refractivity contribution in [1.82, 2.24) is 10.2 Å². The Bertz CT molecular complexity index is 226. The second-order valence-corrected chi connectivity index (χ2v) is 3.15. The number of likely N-dealkylation sites (N-methyl/N-ethyl adjacent to an activating group) is 1. The summed E-state index contributed by atoms with van der Waals surface area (Å²) in [6.07, 6.45) is 0. The van der Waals surface area contributed by atoms with Crippen LogP contribution >= 0.6 is 0 Å². The van der Waals surface area contributed by atoms with Gasteiger partial charge in [-0.1, -0.05) is 0 Å². The van der Waals surface area contributed by atoms with Crippen LogP contribution in [0, 0.1) is 0 Å². The summed E-state index contributed by atoms with van der Waals surface area (Å²) in [4.78, 5) is 24.4. The van der Waals surface area contributed by atoms with Gasteiger partial charge in [0.25, 0.3) is 0 Å². The van der Waals surface area contributed by atoms with Crippen LogP contribution < -0.4 is 5.32 Å². The number of nitrogens with one attached hydrogen (secondary N) is 1. The minimum atomic E-state index is -0.504. The number of carbonyl (C=O) groups excluding carboxylic acids is 2. The first kappa shape index (κ1) is 11.0. The molecule has 1 rings (SSSR count). The molecule has 0 aliphatic carbocycles. The van der Waals surface area contributed by atoms with Gasteiger partial charge in [0.2, 0.25) is 11.8 Å². The first-order valence-electron chi connectivity index (χ1n) is 4.85. The van der Waals surface area contributed by atoms with Gasteiger partial charge < -0.3 is 15.0 Å². The van der Waals surface area contributed by atoms with Crippen molar-refractivity contribution in [1.29, 1.82) is 0 Å². The van der Waals surface area contributed by atoms with Gasteiger partial charge in [-0.25, -0.2) is 0 Å². The summed E-state index contributed by atoms with van der Waals surface area (Å²) in [5.41, 5.74) is 0. The van der Waals surface area contributed by atoms with Crippen LogP contribution in [-0.4, -0.2) is 49.1 Å². The third-order valence-corrected chi connectivity index (χ3v) is 2.23. The molecule has 0 radical (unpaired) electrons. The Hall–Kier alpha value is -1.10. The van der Waals surface area contributed by atoms with Crippen LogP contribution in [0.15, 0.2) is 0 Å². The molecule has 0 aromatic carbocycles. The average Bonchev–Trinajstić information content (AvgIpc) is 2.19. The Kier molecular flexibility index (Phi) is 3.88. The average molecular weight is 200 g/mol. The van der Waals surface area contributed by atoms with Crippen molar-refractivity contribution < 1.29 is 14.3 Å². The topological polar surface area (TPSA) is 58.6 Å². The van der Waals surface area contributed by atoms with Gasteiger partial charge in [-0.15, -0.1) is 0 Å². The van der Waals surface area contributed by atoms with Gasteiger partial charge in [-0.3, -0.25) is 9.59 Å². The molecule has 14 heavy (non-hydrogen) atoms. The van der Waals surface area contributed by atoms with Crippen molar-refractivity contribution in [2.45, 2.75) is 19.9 Å². The van der Waals surface area contributed by atoms with Crippen LogP contribution in [0.2, 0.25) is 0 Å². The molecular formula is C9H16N2O3. The molecule has 1 unspecified atom stereocenters. The number of amides is 2. The van der Waals surface area contributed by atoms with Crippen molar-refractivity contribution in [2.24, 2.45) is 0 Å². The largest absolute Gasteiger partial charge is 0.369 e. The van der Waals surface area contributed by atoms with E-state index in [1.165, 1.54) is 0 Å². The monoisotopic (exact) mass is 200 g/mol. The van der Waals surface area contributed by atoms with Crippen molar-refractivity contribution in [2.75, 3.05) is 26.3 Å². The first-order valence-corrected chi connectivity index (χ1v) is 4.85. The Balaban J connectivity index is 2.54. The Morgan fingerprint density at radius 2 is 2.21 bits per heavy atom. The minimum Gasteiger partial charge on any atom is -0.369 e. The van der Waals surface area contributed by atoms with Crippen LogP contribution in [0.5, 0.6) is 0 Å². The third kappa shape index (κ3) is 2.45. The van der Waals surface area contributed by atoms with Crippen molar-refractivity contribution in [3.05, 3.63) is 0 Å². The molecular weight excluding hydrogens is 184 g/mol. The lowest BCUT2D eigenvalue weighted by molar-refractivity contribution is -0.144. The lowest BCUT2D eigenvalue weighted by Gasteiger charge is -2.28. The molecule has 1 saturated heterocycles. The highest BCUT2D eigenvalue weighted by molar-refractivity contribution is 5.89. The highest BCUT2D eigenvalue weighted by Crippen LogP contribution is 2.00. The summed E-state index contributed by atoms with van der Waals surface area (Å²) in [6.45, 7) is 5.46. The molecule has 2 amide bonds. The Morgan fingerprint density at radius 1 is 1.57 bits per heavy atom. The Labute approximate surface area is 83.4 Å². The predicted molar refractivity (Wildman–Crippen MR) is 50.7 cm³/mol. The number of nitrogens with zero attached hydrogens (tertiary/aromatic N) is 1. The molecule has 1 heterocycles. The predicted octanol–water partition coefficient (Wildman–Crippen LogP) is -0.630. The van der Waals surface area contributed by atoms with Gasteiger partial charge in [0, 0.05) is 13.1 Å².